The van der Waals surface area contributed by atoms with Crippen LogP contribution in [0.1, 0.15) is 35.1 Å². The molecule has 2 heterocycles. The summed E-state index contributed by atoms with van der Waals surface area (Å²) in [6.45, 7) is 4.12. The highest BCUT2D eigenvalue weighted by Gasteiger charge is 2.23. The Balaban J connectivity index is 1.95. The third-order valence-electron chi connectivity index (χ3n) is 4.97. The SMILES string of the molecule is COc1cccc(-c2nc(-n3nc(C(=O)O)c4cc(S(C)(=O)=O)ccc43)sc2C(C)C)c1. The number of sulfone groups is 1. The van der Waals surface area contributed by atoms with Crippen LogP contribution in [-0.2, 0) is 9.84 Å². The monoisotopic (exact) mass is 471 g/mol. The molecule has 0 aliphatic carbocycles. The first-order valence-corrected chi connectivity index (χ1v) is 12.4. The number of hydrogen-bond donors (Lipinski definition) is 1. The van der Waals surface area contributed by atoms with Crippen molar-refractivity contribution in [1.29, 1.82) is 0 Å². The number of rotatable bonds is 6. The summed E-state index contributed by atoms with van der Waals surface area (Å²) in [5.41, 5.74) is 1.89. The molecule has 0 aliphatic heterocycles. The van der Waals surface area contributed by atoms with E-state index in [1.807, 2.05) is 24.3 Å². The van der Waals surface area contributed by atoms with Crippen LogP contribution in [0.15, 0.2) is 47.4 Å². The molecule has 0 fully saturated rings. The fraction of sp³-hybridized carbons (Fsp3) is 0.227. The lowest BCUT2D eigenvalue weighted by atomic mass is 10.1. The van der Waals surface area contributed by atoms with Crippen LogP contribution in [0, 0.1) is 0 Å². The number of aromatic nitrogens is 3. The number of fused-ring (bicyclic) bond motifs is 1. The standard InChI is InChI=1S/C22H21N3O5S2/c1-12(2)20-18(13-6-5-7-14(10-13)30-3)23-22(31-20)25-17-9-8-15(32(4,28)29)11-16(17)19(24-25)21(26)27/h5-12H,1-4H3,(H,26,27). The van der Waals surface area contributed by atoms with Crippen LogP contribution in [-0.4, -0.2) is 47.6 Å². The molecular weight excluding hydrogens is 450 g/mol. The highest BCUT2D eigenvalue weighted by molar-refractivity contribution is 7.90. The summed E-state index contributed by atoms with van der Waals surface area (Å²) in [5.74, 6) is -0.370. The van der Waals surface area contributed by atoms with Crippen LogP contribution in [0.3, 0.4) is 0 Å². The Bertz CT molecular complexity index is 1450. The van der Waals surface area contributed by atoms with Gasteiger partial charge in [0, 0.05) is 22.1 Å². The third kappa shape index (κ3) is 3.87. The highest BCUT2D eigenvalue weighted by atomic mass is 32.2. The average molecular weight is 472 g/mol. The second kappa shape index (κ2) is 8.03. The lowest BCUT2D eigenvalue weighted by Crippen LogP contribution is -2.01. The summed E-state index contributed by atoms with van der Waals surface area (Å²) >= 11 is 1.42. The maximum absolute atomic E-state index is 12.0. The minimum atomic E-state index is -3.50. The number of methoxy groups -OCH3 is 1. The summed E-state index contributed by atoms with van der Waals surface area (Å²) in [7, 11) is -1.90. The van der Waals surface area contributed by atoms with Crippen molar-refractivity contribution in [3.05, 3.63) is 53.0 Å². The Kier molecular flexibility index (Phi) is 5.51. The largest absolute Gasteiger partial charge is 0.497 e. The molecule has 4 aromatic rings. The first-order chi connectivity index (χ1) is 15.1. The molecule has 0 unspecified atom stereocenters. The molecule has 1 N–H and O–H groups in total. The molecule has 2 aromatic heterocycles. The van der Waals surface area contributed by atoms with Crippen molar-refractivity contribution >= 4 is 38.0 Å². The second-order valence-electron chi connectivity index (χ2n) is 7.61. The normalized spacial score (nSPS) is 11.9. The third-order valence-corrected chi connectivity index (χ3v) is 7.41. The fourth-order valence-electron chi connectivity index (χ4n) is 3.41. The molecule has 4 rings (SSSR count). The molecule has 0 amide bonds. The van der Waals surface area contributed by atoms with Gasteiger partial charge in [0.15, 0.2) is 15.5 Å². The number of carboxylic acids is 1. The number of nitrogens with zero attached hydrogens (tertiary/aromatic N) is 3. The van der Waals surface area contributed by atoms with Gasteiger partial charge in [-0.05, 0) is 36.2 Å². The number of carboxylic acid groups (broad SMARTS) is 1. The van der Waals surface area contributed by atoms with E-state index in [0.29, 0.717) is 16.4 Å². The van der Waals surface area contributed by atoms with E-state index in [1.165, 1.54) is 28.2 Å². The van der Waals surface area contributed by atoms with E-state index in [-0.39, 0.29) is 21.9 Å². The van der Waals surface area contributed by atoms with E-state index >= 15 is 0 Å². The lowest BCUT2D eigenvalue weighted by Gasteiger charge is -2.06. The van der Waals surface area contributed by atoms with Gasteiger partial charge in [0.05, 0.1) is 23.2 Å². The number of hydrogen-bond acceptors (Lipinski definition) is 7. The maximum atomic E-state index is 12.0. The summed E-state index contributed by atoms with van der Waals surface area (Å²) < 4.78 is 30.7. The summed E-state index contributed by atoms with van der Waals surface area (Å²) in [6, 6.07) is 11.9. The van der Waals surface area contributed by atoms with Gasteiger partial charge in [0.1, 0.15) is 5.75 Å². The van der Waals surface area contributed by atoms with E-state index in [0.717, 1.165) is 22.4 Å². The van der Waals surface area contributed by atoms with Gasteiger partial charge in [-0.3, -0.25) is 0 Å². The molecule has 32 heavy (non-hydrogen) atoms. The minimum Gasteiger partial charge on any atom is -0.497 e. The zero-order valence-corrected chi connectivity index (χ0v) is 19.5. The number of aromatic carboxylic acids is 1. The van der Waals surface area contributed by atoms with Crippen LogP contribution in [0.2, 0.25) is 0 Å². The highest BCUT2D eigenvalue weighted by Crippen LogP contribution is 2.37. The van der Waals surface area contributed by atoms with E-state index < -0.39 is 15.8 Å². The van der Waals surface area contributed by atoms with Gasteiger partial charge in [-0.25, -0.2) is 22.9 Å². The van der Waals surface area contributed by atoms with Crippen LogP contribution >= 0.6 is 11.3 Å². The Hall–Kier alpha value is -3.24. The Morgan fingerprint density at radius 2 is 1.94 bits per heavy atom. The van der Waals surface area contributed by atoms with Crippen LogP contribution in [0.25, 0.3) is 27.3 Å². The number of ether oxygens (including phenoxy) is 1. The first-order valence-electron chi connectivity index (χ1n) is 9.71. The first kappa shape index (κ1) is 22.0. The second-order valence-corrected chi connectivity index (χ2v) is 10.6. The van der Waals surface area contributed by atoms with Gasteiger partial charge in [0.25, 0.3) is 0 Å². The van der Waals surface area contributed by atoms with Crippen LogP contribution < -0.4 is 4.74 Å². The van der Waals surface area contributed by atoms with Gasteiger partial charge in [-0.15, -0.1) is 0 Å². The zero-order valence-electron chi connectivity index (χ0n) is 17.9. The summed E-state index contributed by atoms with van der Waals surface area (Å²) in [6.07, 6.45) is 1.08. The van der Waals surface area contributed by atoms with Crippen molar-refractivity contribution in [1.82, 2.24) is 14.8 Å². The van der Waals surface area contributed by atoms with Crippen molar-refractivity contribution in [2.24, 2.45) is 0 Å². The Morgan fingerprint density at radius 1 is 1.19 bits per heavy atom. The maximum Gasteiger partial charge on any atom is 0.357 e. The van der Waals surface area contributed by atoms with E-state index in [9.17, 15) is 18.3 Å². The molecule has 0 radical (unpaired) electrons. The molecule has 0 saturated heterocycles. The Labute approximate surface area is 189 Å². The van der Waals surface area contributed by atoms with Gasteiger partial charge < -0.3 is 9.84 Å². The van der Waals surface area contributed by atoms with Gasteiger partial charge in [-0.1, -0.05) is 37.3 Å². The molecule has 0 aliphatic rings. The van der Waals surface area contributed by atoms with E-state index in [4.69, 9.17) is 9.72 Å². The summed E-state index contributed by atoms with van der Waals surface area (Å²) in [4.78, 5) is 17.7. The smallest absolute Gasteiger partial charge is 0.357 e. The molecule has 2 aromatic carbocycles. The van der Waals surface area contributed by atoms with Crippen molar-refractivity contribution in [3.8, 4) is 22.1 Å². The predicted molar refractivity (Wildman–Crippen MR) is 123 cm³/mol. The average Bonchev–Trinajstić information content (AvgIpc) is 3.35. The molecule has 0 atom stereocenters. The van der Waals surface area contributed by atoms with E-state index in [1.54, 1.807) is 13.2 Å². The van der Waals surface area contributed by atoms with Crippen LogP contribution in [0.4, 0.5) is 0 Å². The quantitative estimate of drug-likeness (QED) is 0.444. The fourth-order valence-corrected chi connectivity index (χ4v) is 5.11. The molecule has 8 nitrogen and oxygen atoms in total. The molecule has 10 heteroatoms. The minimum absolute atomic E-state index is 0.0335. The number of carbonyl (C=O) groups is 1. The van der Waals surface area contributed by atoms with Crippen molar-refractivity contribution in [3.63, 3.8) is 0 Å². The van der Waals surface area contributed by atoms with Crippen molar-refractivity contribution in [2.45, 2.75) is 24.7 Å². The van der Waals surface area contributed by atoms with Crippen LogP contribution in [0.5, 0.6) is 5.75 Å². The molecule has 0 spiro atoms. The lowest BCUT2D eigenvalue weighted by molar-refractivity contribution is 0.0692. The molecule has 0 bridgehead atoms. The Morgan fingerprint density at radius 3 is 2.56 bits per heavy atom. The zero-order chi connectivity index (χ0) is 23.2. The van der Waals surface area contributed by atoms with Gasteiger partial charge in [-0.2, -0.15) is 5.10 Å². The topological polar surface area (TPSA) is 111 Å². The van der Waals surface area contributed by atoms with Gasteiger partial charge in [0.2, 0.25) is 5.13 Å². The van der Waals surface area contributed by atoms with E-state index in [2.05, 4.69) is 18.9 Å². The molecular formula is C22H21N3O5S2. The van der Waals surface area contributed by atoms with Gasteiger partial charge >= 0.3 is 5.97 Å². The molecule has 0 saturated carbocycles. The van der Waals surface area contributed by atoms with Crippen molar-refractivity contribution < 1.29 is 23.1 Å². The predicted octanol–water partition coefficient (Wildman–Crippen LogP) is 4.38. The number of benzene rings is 2. The summed E-state index contributed by atoms with van der Waals surface area (Å²) in [5, 5.41) is 14.7. The van der Waals surface area contributed by atoms with Crippen molar-refractivity contribution in [2.75, 3.05) is 13.4 Å². The molecule has 166 valence electrons. The number of thiazole rings is 1.